The number of benzene rings is 1. The van der Waals surface area contributed by atoms with Crippen molar-refractivity contribution in [3.05, 3.63) is 35.5 Å². The average molecular weight is 300 g/mol. The van der Waals surface area contributed by atoms with E-state index in [2.05, 4.69) is 17.1 Å². The Morgan fingerprint density at radius 1 is 1.45 bits per heavy atom. The fourth-order valence-electron chi connectivity index (χ4n) is 3.35. The van der Waals surface area contributed by atoms with Gasteiger partial charge in [0.25, 0.3) is 0 Å². The summed E-state index contributed by atoms with van der Waals surface area (Å²) >= 11 is 0. The van der Waals surface area contributed by atoms with Crippen LogP contribution < -0.4 is 0 Å². The van der Waals surface area contributed by atoms with Crippen LogP contribution in [0.2, 0.25) is 0 Å². The second kappa shape index (κ2) is 6.22. The van der Waals surface area contributed by atoms with E-state index < -0.39 is 0 Å². The van der Waals surface area contributed by atoms with Gasteiger partial charge in [-0.15, -0.1) is 0 Å². The zero-order valence-electron chi connectivity index (χ0n) is 12.7. The van der Waals surface area contributed by atoms with E-state index in [9.17, 15) is 9.59 Å². The van der Waals surface area contributed by atoms with Crippen LogP contribution in [0.15, 0.2) is 24.3 Å². The lowest BCUT2D eigenvalue weighted by Gasteiger charge is -2.34. The second-order valence-electron chi connectivity index (χ2n) is 5.59. The Labute approximate surface area is 129 Å². The van der Waals surface area contributed by atoms with Gasteiger partial charge in [-0.1, -0.05) is 18.2 Å². The van der Waals surface area contributed by atoms with E-state index in [1.54, 1.807) is 4.90 Å². The molecular formula is C17H20N2O3. The van der Waals surface area contributed by atoms with E-state index in [1.807, 2.05) is 12.1 Å². The number of fused-ring (bicyclic) bond motifs is 3. The molecule has 2 aromatic rings. The first-order valence-electron chi connectivity index (χ1n) is 7.64. The SMILES string of the molecule is COC(=O)N1CCc2c([nH]c3ccccc23)[C@@H]1CCCC=O. The number of methoxy groups -OCH3 is 1. The van der Waals surface area contributed by atoms with Crippen molar-refractivity contribution in [2.45, 2.75) is 31.7 Å². The Bertz CT molecular complexity index is 692. The molecule has 1 amide bonds. The lowest BCUT2D eigenvalue weighted by Crippen LogP contribution is -2.40. The minimum Gasteiger partial charge on any atom is -0.453 e. The molecule has 5 nitrogen and oxygen atoms in total. The maximum absolute atomic E-state index is 12.1. The molecule has 0 bridgehead atoms. The Balaban J connectivity index is 1.99. The van der Waals surface area contributed by atoms with Crippen molar-refractivity contribution in [2.75, 3.05) is 13.7 Å². The number of nitrogens with zero attached hydrogens (tertiary/aromatic N) is 1. The number of nitrogens with one attached hydrogen (secondary N) is 1. The maximum Gasteiger partial charge on any atom is 0.410 e. The van der Waals surface area contributed by atoms with Gasteiger partial charge in [0, 0.05) is 29.6 Å². The molecule has 1 aliphatic rings. The third-order valence-corrected chi connectivity index (χ3v) is 4.37. The van der Waals surface area contributed by atoms with Gasteiger partial charge in [-0.3, -0.25) is 4.90 Å². The summed E-state index contributed by atoms with van der Waals surface area (Å²) in [6.45, 7) is 0.646. The molecule has 0 fully saturated rings. The molecule has 116 valence electrons. The molecule has 0 saturated carbocycles. The zero-order valence-corrected chi connectivity index (χ0v) is 12.7. The fourth-order valence-corrected chi connectivity index (χ4v) is 3.35. The molecule has 5 heteroatoms. The molecule has 0 saturated heterocycles. The number of aldehydes is 1. The maximum atomic E-state index is 12.1. The number of rotatable bonds is 4. The number of H-pyrrole nitrogens is 1. The van der Waals surface area contributed by atoms with Gasteiger partial charge in [0.1, 0.15) is 6.29 Å². The molecule has 1 atom stereocenters. The molecule has 1 N–H and O–H groups in total. The quantitative estimate of drug-likeness (QED) is 0.696. The van der Waals surface area contributed by atoms with E-state index in [1.165, 1.54) is 18.1 Å². The lowest BCUT2D eigenvalue weighted by molar-refractivity contribution is -0.108. The summed E-state index contributed by atoms with van der Waals surface area (Å²) in [5, 5.41) is 1.22. The minimum absolute atomic E-state index is 0.0523. The number of aromatic amines is 1. The summed E-state index contributed by atoms with van der Waals surface area (Å²) in [7, 11) is 1.41. The van der Waals surface area contributed by atoms with Crippen molar-refractivity contribution in [3.8, 4) is 0 Å². The van der Waals surface area contributed by atoms with E-state index in [4.69, 9.17) is 4.74 Å². The highest BCUT2D eigenvalue weighted by Gasteiger charge is 2.33. The molecule has 1 aliphatic heterocycles. The van der Waals surface area contributed by atoms with Crippen molar-refractivity contribution in [1.82, 2.24) is 9.88 Å². The van der Waals surface area contributed by atoms with Crippen LogP contribution in [0.25, 0.3) is 10.9 Å². The van der Waals surface area contributed by atoms with Gasteiger partial charge in [0.2, 0.25) is 0 Å². The van der Waals surface area contributed by atoms with Gasteiger partial charge in [-0.25, -0.2) is 4.79 Å². The summed E-state index contributed by atoms with van der Waals surface area (Å²) in [5.41, 5.74) is 3.47. The zero-order chi connectivity index (χ0) is 15.5. The smallest absolute Gasteiger partial charge is 0.410 e. The molecule has 3 rings (SSSR count). The van der Waals surface area contributed by atoms with Crippen LogP contribution in [0.1, 0.15) is 36.6 Å². The molecule has 2 heterocycles. The Kier molecular flexibility index (Phi) is 4.13. The van der Waals surface area contributed by atoms with E-state index >= 15 is 0 Å². The van der Waals surface area contributed by atoms with Crippen molar-refractivity contribution < 1.29 is 14.3 Å². The summed E-state index contributed by atoms with van der Waals surface area (Å²) < 4.78 is 4.92. The van der Waals surface area contributed by atoms with Gasteiger partial charge < -0.3 is 14.5 Å². The minimum atomic E-state index is -0.305. The van der Waals surface area contributed by atoms with E-state index in [-0.39, 0.29) is 12.1 Å². The Hall–Kier alpha value is -2.30. The second-order valence-corrected chi connectivity index (χ2v) is 5.59. The third-order valence-electron chi connectivity index (χ3n) is 4.37. The number of carbonyl (C=O) groups excluding carboxylic acids is 2. The fraction of sp³-hybridized carbons (Fsp3) is 0.412. The number of hydrogen-bond acceptors (Lipinski definition) is 3. The van der Waals surface area contributed by atoms with Crippen LogP contribution in [-0.4, -0.2) is 35.9 Å². The Morgan fingerprint density at radius 2 is 2.27 bits per heavy atom. The van der Waals surface area contributed by atoms with Gasteiger partial charge in [0.15, 0.2) is 0 Å². The first-order chi connectivity index (χ1) is 10.8. The number of carbonyl (C=O) groups is 2. The first kappa shape index (κ1) is 14.6. The molecule has 0 spiro atoms. The normalized spacial score (nSPS) is 17.3. The van der Waals surface area contributed by atoms with Crippen LogP contribution in [-0.2, 0) is 16.0 Å². The summed E-state index contributed by atoms with van der Waals surface area (Å²) in [4.78, 5) is 27.9. The summed E-state index contributed by atoms with van der Waals surface area (Å²) in [5.74, 6) is 0. The van der Waals surface area contributed by atoms with Gasteiger partial charge >= 0.3 is 6.09 Å². The van der Waals surface area contributed by atoms with Gasteiger partial charge in [-0.05, 0) is 30.9 Å². The lowest BCUT2D eigenvalue weighted by atomic mass is 9.94. The molecule has 0 radical (unpaired) electrons. The molecular weight excluding hydrogens is 280 g/mol. The Morgan fingerprint density at radius 3 is 3.05 bits per heavy atom. The molecule has 1 aromatic heterocycles. The van der Waals surface area contributed by atoms with Crippen LogP contribution in [0.4, 0.5) is 4.79 Å². The third kappa shape index (κ3) is 2.47. The summed E-state index contributed by atoms with van der Waals surface area (Å²) in [6, 6.07) is 8.15. The number of aromatic nitrogens is 1. The number of hydrogen-bond donors (Lipinski definition) is 1. The van der Waals surface area contributed by atoms with Crippen molar-refractivity contribution in [2.24, 2.45) is 0 Å². The number of ether oxygens (including phenoxy) is 1. The van der Waals surface area contributed by atoms with Crippen molar-refractivity contribution in [1.29, 1.82) is 0 Å². The monoisotopic (exact) mass is 300 g/mol. The standard InChI is InChI=1S/C17H20N2O3/c1-22-17(21)19-10-9-13-12-6-2-3-7-14(12)18-16(13)15(19)8-4-5-11-20/h2-3,6-7,11,15,18H,4-5,8-10H2,1H3/t15-/m0/s1. The summed E-state index contributed by atoms with van der Waals surface area (Å²) in [6.07, 6.45) is 3.47. The van der Waals surface area contributed by atoms with E-state index in [0.29, 0.717) is 13.0 Å². The number of unbranched alkanes of at least 4 members (excludes halogenated alkanes) is 1. The van der Waals surface area contributed by atoms with Crippen LogP contribution in [0, 0.1) is 0 Å². The van der Waals surface area contributed by atoms with Gasteiger partial charge in [-0.2, -0.15) is 0 Å². The largest absolute Gasteiger partial charge is 0.453 e. The van der Waals surface area contributed by atoms with Crippen LogP contribution in [0.3, 0.4) is 0 Å². The van der Waals surface area contributed by atoms with Gasteiger partial charge in [0.05, 0.1) is 13.2 Å². The first-order valence-corrected chi connectivity index (χ1v) is 7.64. The predicted octanol–water partition coefficient (Wildman–Crippen LogP) is 3.20. The molecule has 0 aliphatic carbocycles. The van der Waals surface area contributed by atoms with Crippen molar-refractivity contribution >= 4 is 23.3 Å². The highest BCUT2D eigenvalue weighted by atomic mass is 16.5. The predicted molar refractivity (Wildman–Crippen MR) is 83.8 cm³/mol. The highest BCUT2D eigenvalue weighted by Crippen LogP contribution is 2.37. The number of para-hydroxylation sites is 1. The molecule has 22 heavy (non-hydrogen) atoms. The van der Waals surface area contributed by atoms with Crippen molar-refractivity contribution in [3.63, 3.8) is 0 Å². The molecule has 0 unspecified atom stereocenters. The van der Waals surface area contributed by atoms with E-state index in [0.717, 1.165) is 36.8 Å². The molecule has 1 aromatic carbocycles. The van der Waals surface area contributed by atoms with Crippen LogP contribution in [0.5, 0.6) is 0 Å². The topological polar surface area (TPSA) is 62.4 Å². The number of amides is 1. The average Bonchev–Trinajstić information content (AvgIpc) is 2.93. The highest BCUT2D eigenvalue weighted by molar-refractivity contribution is 5.85. The van der Waals surface area contributed by atoms with Crippen LogP contribution >= 0.6 is 0 Å².